The van der Waals surface area contributed by atoms with Crippen molar-refractivity contribution in [3.05, 3.63) is 29.8 Å². The highest BCUT2D eigenvalue weighted by molar-refractivity contribution is 8.12. The number of hydrogen-bond acceptors (Lipinski definition) is 3. The van der Waals surface area contributed by atoms with E-state index in [0.717, 1.165) is 18.7 Å². The van der Waals surface area contributed by atoms with Gasteiger partial charge in [-0.05, 0) is 24.1 Å². The van der Waals surface area contributed by atoms with Crippen LogP contribution < -0.4 is 5.73 Å². The quantitative estimate of drug-likeness (QED) is 0.727. The smallest absolute Gasteiger partial charge is 0.0545 e. The van der Waals surface area contributed by atoms with E-state index in [9.17, 15) is 0 Å². The second kappa shape index (κ2) is 3.83. The molecule has 1 atom stereocenters. The summed E-state index contributed by atoms with van der Waals surface area (Å²) in [7, 11) is 0. The normalized spacial score (nSPS) is 20.8. The van der Waals surface area contributed by atoms with Crippen molar-refractivity contribution < 1.29 is 0 Å². The monoisotopic (exact) mass is 192 g/mol. The fraction of sp³-hybridized carbons (Fsp3) is 0.300. The topological polar surface area (TPSA) is 38.4 Å². The summed E-state index contributed by atoms with van der Waals surface area (Å²) in [6.45, 7) is 0.953. The van der Waals surface area contributed by atoms with Crippen LogP contribution in [0.5, 0.6) is 0 Å². The molecule has 0 aromatic heterocycles. The summed E-state index contributed by atoms with van der Waals surface area (Å²) in [5.41, 5.74) is 9.73. The Bertz CT molecular complexity index is 297. The average molecular weight is 192 g/mol. The van der Waals surface area contributed by atoms with Gasteiger partial charge >= 0.3 is 0 Å². The third-order valence-electron chi connectivity index (χ3n) is 2.08. The van der Waals surface area contributed by atoms with Gasteiger partial charge in [0.15, 0.2) is 0 Å². The van der Waals surface area contributed by atoms with Gasteiger partial charge in [-0.2, -0.15) is 0 Å². The first-order valence-electron chi connectivity index (χ1n) is 4.33. The van der Waals surface area contributed by atoms with Crippen LogP contribution in [0.3, 0.4) is 0 Å². The van der Waals surface area contributed by atoms with Gasteiger partial charge < -0.3 is 5.73 Å². The summed E-state index contributed by atoms with van der Waals surface area (Å²) in [6.07, 6.45) is 1.09. The van der Waals surface area contributed by atoms with Gasteiger partial charge in [-0.1, -0.05) is 12.1 Å². The SMILES string of the molecule is Nc1ccc(CC2CN=CS2)cc1. The summed E-state index contributed by atoms with van der Waals surface area (Å²) < 4.78 is 0. The number of benzene rings is 1. The van der Waals surface area contributed by atoms with Crippen LogP contribution in [0.2, 0.25) is 0 Å². The summed E-state index contributed by atoms with van der Waals surface area (Å²) in [5, 5.41) is 0.628. The lowest BCUT2D eigenvalue weighted by Crippen LogP contribution is -2.06. The minimum Gasteiger partial charge on any atom is -0.399 e. The maximum atomic E-state index is 5.60. The van der Waals surface area contributed by atoms with Crippen molar-refractivity contribution in [2.24, 2.45) is 4.99 Å². The number of thioether (sulfide) groups is 1. The fourth-order valence-corrected chi connectivity index (χ4v) is 2.17. The molecular formula is C10H12N2S. The average Bonchev–Trinajstić information content (AvgIpc) is 2.62. The molecule has 1 aliphatic rings. The Morgan fingerprint density at radius 1 is 1.38 bits per heavy atom. The van der Waals surface area contributed by atoms with E-state index in [0.29, 0.717) is 5.25 Å². The van der Waals surface area contributed by atoms with E-state index in [1.165, 1.54) is 5.56 Å². The Morgan fingerprint density at radius 2 is 2.15 bits per heavy atom. The van der Waals surface area contributed by atoms with Crippen LogP contribution in [0.15, 0.2) is 29.3 Å². The van der Waals surface area contributed by atoms with Gasteiger partial charge in [0, 0.05) is 10.9 Å². The van der Waals surface area contributed by atoms with E-state index in [2.05, 4.69) is 17.1 Å². The minimum atomic E-state index is 0.628. The molecule has 0 aliphatic carbocycles. The molecule has 0 spiro atoms. The van der Waals surface area contributed by atoms with E-state index < -0.39 is 0 Å². The Balaban J connectivity index is 1.97. The zero-order valence-electron chi connectivity index (χ0n) is 7.31. The lowest BCUT2D eigenvalue weighted by Gasteiger charge is -2.06. The van der Waals surface area contributed by atoms with Crippen LogP contribution in [0.25, 0.3) is 0 Å². The number of rotatable bonds is 2. The minimum absolute atomic E-state index is 0.628. The highest BCUT2D eigenvalue weighted by atomic mass is 32.2. The number of aliphatic imine (C=N–C) groups is 1. The summed E-state index contributed by atoms with van der Waals surface area (Å²) in [6, 6.07) is 8.09. The molecule has 1 heterocycles. The Labute approximate surface area is 82.2 Å². The largest absolute Gasteiger partial charge is 0.399 e. The van der Waals surface area contributed by atoms with Crippen LogP contribution in [0.1, 0.15) is 5.56 Å². The molecule has 0 radical (unpaired) electrons. The van der Waals surface area contributed by atoms with E-state index in [-0.39, 0.29) is 0 Å². The third-order valence-corrected chi connectivity index (χ3v) is 3.05. The number of nitrogens with zero attached hydrogens (tertiary/aromatic N) is 1. The lowest BCUT2D eigenvalue weighted by atomic mass is 10.1. The zero-order valence-corrected chi connectivity index (χ0v) is 8.13. The molecule has 2 nitrogen and oxygen atoms in total. The molecule has 1 aromatic rings. The van der Waals surface area contributed by atoms with Gasteiger partial charge in [-0.15, -0.1) is 11.8 Å². The van der Waals surface area contributed by atoms with E-state index in [1.807, 2.05) is 29.4 Å². The van der Waals surface area contributed by atoms with Crippen LogP contribution >= 0.6 is 11.8 Å². The third kappa shape index (κ3) is 2.25. The molecule has 3 heteroatoms. The van der Waals surface area contributed by atoms with Crippen molar-refractivity contribution in [3.8, 4) is 0 Å². The molecule has 0 fully saturated rings. The van der Waals surface area contributed by atoms with Crippen molar-refractivity contribution in [2.45, 2.75) is 11.7 Å². The van der Waals surface area contributed by atoms with E-state index in [4.69, 9.17) is 5.73 Å². The van der Waals surface area contributed by atoms with Gasteiger partial charge in [0.1, 0.15) is 0 Å². The molecule has 2 rings (SSSR count). The number of nitrogens with two attached hydrogens (primary N) is 1. The Hall–Kier alpha value is -0.960. The molecule has 1 aromatic carbocycles. The molecule has 13 heavy (non-hydrogen) atoms. The van der Waals surface area contributed by atoms with Crippen LogP contribution in [-0.2, 0) is 6.42 Å². The predicted molar refractivity (Wildman–Crippen MR) is 59.3 cm³/mol. The molecule has 1 unspecified atom stereocenters. The molecule has 0 bridgehead atoms. The molecule has 0 saturated carbocycles. The van der Waals surface area contributed by atoms with Crippen molar-refractivity contribution in [1.29, 1.82) is 0 Å². The molecule has 0 saturated heterocycles. The van der Waals surface area contributed by atoms with Gasteiger partial charge in [0.25, 0.3) is 0 Å². The van der Waals surface area contributed by atoms with E-state index >= 15 is 0 Å². The van der Waals surface area contributed by atoms with Crippen LogP contribution in [0, 0.1) is 0 Å². The zero-order chi connectivity index (χ0) is 9.10. The van der Waals surface area contributed by atoms with E-state index in [1.54, 1.807) is 0 Å². The molecule has 2 N–H and O–H groups in total. The Kier molecular flexibility index (Phi) is 2.54. The number of anilines is 1. The van der Waals surface area contributed by atoms with Crippen LogP contribution in [-0.4, -0.2) is 17.3 Å². The van der Waals surface area contributed by atoms with Crippen molar-refractivity contribution in [1.82, 2.24) is 0 Å². The number of nitrogen functional groups attached to an aromatic ring is 1. The predicted octanol–water partition coefficient (Wildman–Crippen LogP) is 1.96. The van der Waals surface area contributed by atoms with Crippen molar-refractivity contribution >= 4 is 23.0 Å². The van der Waals surface area contributed by atoms with Gasteiger partial charge in [-0.3, -0.25) is 4.99 Å². The molecule has 0 amide bonds. The lowest BCUT2D eigenvalue weighted by molar-refractivity contribution is 0.872. The Morgan fingerprint density at radius 3 is 2.77 bits per heavy atom. The maximum absolute atomic E-state index is 5.60. The summed E-state index contributed by atoms with van der Waals surface area (Å²) in [5.74, 6) is 0. The van der Waals surface area contributed by atoms with Crippen LogP contribution in [0.4, 0.5) is 5.69 Å². The first kappa shape index (κ1) is 8.63. The van der Waals surface area contributed by atoms with Crippen molar-refractivity contribution in [2.75, 3.05) is 12.3 Å². The fourth-order valence-electron chi connectivity index (χ4n) is 1.36. The standard InChI is InChI=1S/C10H12N2S/c11-9-3-1-8(2-4-9)5-10-6-12-7-13-10/h1-4,7,10H,5-6,11H2. The highest BCUT2D eigenvalue weighted by Crippen LogP contribution is 2.19. The van der Waals surface area contributed by atoms with Crippen molar-refractivity contribution in [3.63, 3.8) is 0 Å². The van der Waals surface area contributed by atoms with Gasteiger partial charge in [0.05, 0.1) is 12.1 Å². The van der Waals surface area contributed by atoms with Gasteiger partial charge in [-0.25, -0.2) is 0 Å². The molecule has 68 valence electrons. The second-order valence-corrected chi connectivity index (χ2v) is 4.32. The first-order valence-corrected chi connectivity index (χ1v) is 5.27. The maximum Gasteiger partial charge on any atom is 0.0545 e. The summed E-state index contributed by atoms with van der Waals surface area (Å²) in [4.78, 5) is 4.19. The molecular weight excluding hydrogens is 180 g/mol. The molecule has 1 aliphatic heterocycles. The highest BCUT2D eigenvalue weighted by Gasteiger charge is 2.12. The second-order valence-electron chi connectivity index (χ2n) is 3.17. The summed E-state index contributed by atoms with van der Waals surface area (Å²) >= 11 is 1.82. The number of hydrogen-bond donors (Lipinski definition) is 1. The van der Waals surface area contributed by atoms with Gasteiger partial charge in [0.2, 0.25) is 0 Å². The first-order chi connectivity index (χ1) is 6.34.